The number of H-pyrrole nitrogens is 1. The highest BCUT2D eigenvalue weighted by Gasteiger charge is 2.23. The molecular formula is C25H26N6O4S. The number of hydrogen-bond acceptors (Lipinski definition) is 8. The van der Waals surface area contributed by atoms with Crippen LogP contribution in [0.15, 0.2) is 36.4 Å². The fraction of sp³-hybridized carbons (Fsp3) is 0.320. The number of nitrogens with zero attached hydrogens (tertiary/aromatic N) is 4. The number of hydrogen-bond donors (Lipinski definition) is 2. The number of aryl methyl sites for hydroxylation is 1. The first-order valence-electron chi connectivity index (χ1n) is 11.7. The van der Waals surface area contributed by atoms with Gasteiger partial charge in [-0.25, -0.2) is 0 Å². The van der Waals surface area contributed by atoms with E-state index in [4.69, 9.17) is 9.47 Å². The number of piperidine rings is 1. The number of benzene rings is 2. The van der Waals surface area contributed by atoms with Crippen molar-refractivity contribution in [3.8, 4) is 17.2 Å². The van der Waals surface area contributed by atoms with Gasteiger partial charge in [0.2, 0.25) is 5.91 Å². The first-order chi connectivity index (χ1) is 17.5. The molecule has 1 aliphatic heterocycles. The van der Waals surface area contributed by atoms with Gasteiger partial charge in [0.05, 0.1) is 13.5 Å². The Labute approximate surface area is 211 Å². The number of likely N-dealkylation sites (tertiary alicyclic amines) is 1. The summed E-state index contributed by atoms with van der Waals surface area (Å²) in [6.45, 7) is 3.62. The number of tetrazole rings is 1. The molecule has 0 bridgehead atoms. The molecule has 1 saturated heterocycles. The number of fused-ring (bicyclic) bond motifs is 1. The Morgan fingerprint density at radius 3 is 2.61 bits per heavy atom. The molecular weight excluding hydrogens is 480 g/mol. The lowest BCUT2D eigenvalue weighted by atomic mass is 10.1. The highest BCUT2D eigenvalue weighted by atomic mass is 32.1. The zero-order valence-corrected chi connectivity index (χ0v) is 20.9. The Balaban J connectivity index is 1.41. The minimum absolute atomic E-state index is 0.0693. The molecule has 10 nitrogen and oxygen atoms in total. The van der Waals surface area contributed by atoms with Crippen LogP contribution in [0.3, 0.4) is 0 Å². The molecule has 1 fully saturated rings. The number of aromatic nitrogens is 4. The van der Waals surface area contributed by atoms with E-state index in [0.29, 0.717) is 28.5 Å². The zero-order chi connectivity index (χ0) is 25.1. The van der Waals surface area contributed by atoms with Crippen LogP contribution in [0, 0.1) is 6.92 Å². The normalized spacial score (nSPS) is 13.6. The molecule has 0 aliphatic carbocycles. The zero-order valence-electron chi connectivity index (χ0n) is 20.0. The monoisotopic (exact) mass is 506 g/mol. The molecule has 0 unspecified atom stereocenters. The van der Waals surface area contributed by atoms with Gasteiger partial charge >= 0.3 is 0 Å². The number of carbonyl (C=O) groups excluding carboxylic acids is 2. The summed E-state index contributed by atoms with van der Waals surface area (Å²) >= 11 is 1.30. The summed E-state index contributed by atoms with van der Waals surface area (Å²) in [6.07, 6.45) is 3.68. The maximum Gasteiger partial charge on any atom is 0.272 e. The fourth-order valence-electron chi connectivity index (χ4n) is 4.27. The van der Waals surface area contributed by atoms with E-state index in [2.05, 4.69) is 25.9 Å². The molecule has 0 saturated carbocycles. The van der Waals surface area contributed by atoms with Gasteiger partial charge in [-0.2, -0.15) is 5.21 Å². The van der Waals surface area contributed by atoms with Gasteiger partial charge in [-0.1, -0.05) is 17.2 Å². The SMILES string of the molecule is COc1cc2c(Oc3ccc(CC(=O)N4CCCCC4)cc3)c(C(=O)Nc3nn[nH]n3)sc2cc1C. The Kier molecular flexibility index (Phi) is 6.81. The van der Waals surface area contributed by atoms with Crippen LogP contribution in [0.2, 0.25) is 0 Å². The van der Waals surface area contributed by atoms with Crippen molar-refractivity contribution in [1.29, 1.82) is 0 Å². The highest BCUT2D eigenvalue weighted by Crippen LogP contribution is 2.43. The van der Waals surface area contributed by atoms with Gasteiger partial charge in [-0.05, 0) is 66.8 Å². The standard InChI is InChI=1S/C25H26N6O4S/c1-15-12-20-18(14-19(15)34-2)22(23(36-20)24(33)26-25-27-29-30-28-25)35-17-8-6-16(7-9-17)13-21(32)31-10-4-3-5-11-31/h6-9,12,14H,3-5,10-11,13H2,1-2H3,(H2,26,27,28,29,30,33). The number of thiophene rings is 1. The van der Waals surface area contributed by atoms with Crippen LogP contribution in [0.1, 0.15) is 40.1 Å². The number of carbonyl (C=O) groups is 2. The third-order valence-corrected chi connectivity index (χ3v) is 7.28. The molecule has 11 heteroatoms. The van der Waals surface area contributed by atoms with E-state index in [1.165, 1.54) is 17.8 Å². The number of aromatic amines is 1. The van der Waals surface area contributed by atoms with Crippen molar-refractivity contribution >= 4 is 39.2 Å². The van der Waals surface area contributed by atoms with Crippen molar-refractivity contribution in [1.82, 2.24) is 25.5 Å². The molecule has 0 spiro atoms. The van der Waals surface area contributed by atoms with Gasteiger partial charge in [-0.3, -0.25) is 14.9 Å². The number of anilines is 1. The molecule has 5 rings (SSSR count). The third-order valence-electron chi connectivity index (χ3n) is 6.14. The average molecular weight is 507 g/mol. The van der Waals surface area contributed by atoms with E-state index in [0.717, 1.165) is 47.1 Å². The van der Waals surface area contributed by atoms with E-state index >= 15 is 0 Å². The highest BCUT2D eigenvalue weighted by molar-refractivity contribution is 7.21. The van der Waals surface area contributed by atoms with Crippen LogP contribution in [0.5, 0.6) is 17.2 Å². The van der Waals surface area contributed by atoms with Crippen LogP contribution in [-0.2, 0) is 11.2 Å². The van der Waals surface area contributed by atoms with Gasteiger partial charge in [-0.15, -0.1) is 16.4 Å². The number of rotatable bonds is 7. The molecule has 2 amide bonds. The van der Waals surface area contributed by atoms with Gasteiger partial charge in [0.15, 0.2) is 5.75 Å². The van der Waals surface area contributed by atoms with Crippen LogP contribution >= 0.6 is 11.3 Å². The number of amides is 2. The van der Waals surface area contributed by atoms with Crippen LogP contribution in [0.25, 0.3) is 10.1 Å². The van der Waals surface area contributed by atoms with Crippen molar-refractivity contribution < 1.29 is 19.1 Å². The molecule has 2 N–H and O–H groups in total. The largest absolute Gasteiger partial charge is 0.496 e. The Bertz CT molecular complexity index is 1380. The van der Waals surface area contributed by atoms with E-state index in [-0.39, 0.29) is 11.9 Å². The van der Waals surface area contributed by atoms with Crippen molar-refractivity contribution in [3.05, 3.63) is 52.4 Å². The van der Waals surface area contributed by atoms with Gasteiger partial charge in [0.1, 0.15) is 16.4 Å². The summed E-state index contributed by atoms with van der Waals surface area (Å²) in [5.74, 6) is 1.47. The van der Waals surface area contributed by atoms with Crippen LogP contribution in [-0.4, -0.2) is 57.5 Å². The van der Waals surface area contributed by atoms with Crippen molar-refractivity contribution in [3.63, 3.8) is 0 Å². The number of ether oxygens (including phenoxy) is 2. The fourth-order valence-corrected chi connectivity index (χ4v) is 5.37. The molecule has 36 heavy (non-hydrogen) atoms. The maximum absolute atomic E-state index is 13.1. The van der Waals surface area contributed by atoms with Crippen molar-refractivity contribution in [2.75, 3.05) is 25.5 Å². The summed E-state index contributed by atoms with van der Waals surface area (Å²) in [5, 5.41) is 16.8. The number of nitrogens with one attached hydrogen (secondary N) is 2. The molecule has 0 atom stereocenters. The van der Waals surface area contributed by atoms with Gasteiger partial charge in [0.25, 0.3) is 11.9 Å². The lowest BCUT2D eigenvalue weighted by Crippen LogP contribution is -2.36. The molecule has 2 aromatic carbocycles. The van der Waals surface area contributed by atoms with E-state index < -0.39 is 5.91 Å². The second-order valence-electron chi connectivity index (χ2n) is 8.63. The third kappa shape index (κ3) is 5.01. The maximum atomic E-state index is 13.1. The molecule has 4 aromatic rings. The minimum Gasteiger partial charge on any atom is -0.496 e. The summed E-state index contributed by atoms with van der Waals surface area (Å²) in [7, 11) is 1.61. The number of methoxy groups -OCH3 is 1. The van der Waals surface area contributed by atoms with Crippen LogP contribution < -0.4 is 14.8 Å². The Morgan fingerprint density at radius 2 is 1.92 bits per heavy atom. The summed E-state index contributed by atoms with van der Waals surface area (Å²) in [6, 6.07) is 11.2. The van der Waals surface area contributed by atoms with Gasteiger partial charge in [0, 0.05) is 23.2 Å². The van der Waals surface area contributed by atoms with Gasteiger partial charge < -0.3 is 14.4 Å². The second-order valence-corrected chi connectivity index (χ2v) is 9.68. The molecule has 186 valence electrons. The second kappa shape index (κ2) is 10.3. The van der Waals surface area contributed by atoms with Crippen molar-refractivity contribution in [2.45, 2.75) is 32.6 Å². The lowest BCUT2D eigenvalue weighted by Gasteiger charge is -2.26. The molecule has 2 aromatic heterocycles. The van der Waals surface area contributed by atoms with E-state index in [1.807, 2.05) is 48.2 Å². The Morgan fingerprint density at radius 1 is 1.14 bits per heavy atom. The first-order valence-corrected chi connectivity index (χ1v) is 12.5. The van der Waals surface area contributed by atoms with Crippen molar-refractivity contribution in [2.24, 2.45) is 0 Å². The van der Waals surface area contributed by atoms with E-state index in [9.17, 15) is 9.59 Å². The predicted octanol–water partition coefficient (Wildman–Crippen LogP) is 4.33. The van der Waals surface area contributed by atoms with Crippen LogP contribution in [0.4, 0.5) is 5.95 Å². The molecule has 0 radical (unpaired) electrons. The Hall–Kier alpha value is -3.99. The van der Waals surface area contributed by atoms with E-state index in [1.54, 1.807) is 7.11 Å². The molecule has 3 heterocycles. The summed E-state index contributed by atoms with van der Waals surface area (Å²) < 4.78 is 12.6. The molecule has 1 aliphatic rings. The smallest absolute Gasteiger partial charge is 0.272 e. The summed E-state index contributed by atoms with van der Waals surface area (Å²) in [5.41, 5.74) is 1.87. The quantitative estimate of drug-likeness (QED) is 0.382. The lowest BCUT2D eigenvalue weighted by molar-refractivity contribution is -0.131. The topological polar surface area (TPSA) is 122 Å². The summed E-state index contributed by atoms with van der Waals surface area (Å²) in [4.78, 5) is 28.0. The minimum atomic E-state index is -0.409. The average Bonchev–Trinajstić information content (AvgIpc) is 3.53. The predicted molar refractivity (Wildman–Crippen MR) is 136 cm³/mol. The first kappa shape index (κ1) is 23.7.